The summed E-state index contributed by atoms with van der Waals surface area (Å²) in [5.74, 6) is 0.968. The van der Waals surface area contributed by atoms with Crippen LogP contribution in [-0.4, -0.2) is 17.7 Å². The second-order valence-corrected chi connectivity index (χ2v) is 4.98. The van der Waals surface area contributed by atoms with Gasteiger partial charge in [-0.15, -0.1) is 0 Å². The van der Waals surface area contributed by atoms with Crippen molar-refractivity contribution in [2.45, 2.75) is 25.9 Å². The Morgan fingerprint density at radius 1 is 1.26 bits per heavy atom. The number of rotatable bonds is 6. The smallest absolute Gasteiger partial charge is 0.122 e. The van der Waals surface area contributed by atoms with Crippen molar-refractivity contribution < 1.29 is 4.74 Å². The van der Waals surface area contributed by atoms with Crippen LogP contribution in [0.1, 0.15) is 18.1 Å². The minimum atomic E-state index is 0.413. The van der Waals surface area contributed by atoms with Crippen LogP contribution in [0.4, 0.5) is 0 Å². The predicted octanol–water partition coefficient (Wildman–Crippen LogP) is 2.75. The predicted molar refractivity (Wildman–Crippen MR) is 78.4 cm³/mol. The summed E-state index contributed by atoms with van der Waals surface area (Å²) in [4.78, 5) is 0. The van der Waals surface area contributed by atoms with Crippen LogP contribution in [0, 0.1) is 0 Å². The molecule has 0 radical (unpaired) electrons. The minimum absolute atomic E-state index is 0.413. The van der Waals surface area contributed by atoms with Gasteiger partial charge in [0.15, 0.2) is 0 Å². The van der Waals surface area contributed by atoms with Crippen molar-refractivity contribution in [3.05, 3.63) is 53.9 Å². The third-order valence-corrected chi connectivity index (χ3v) is 3.27. The summed E-state index contributed by atoms with van der Waals surface area (Å²) in [6, 6.07) is 10.8. The first-order valence-electron chi connectivity index (χ1n) is 6.65. The fourth-order valence-corrected chi connectivity index (χ4v) is 2.23. The second-order valence-electron chi connectivity index (χ2n) is 4.98. The molecule has 0 bridgehead atoms. The molecule has 0 aliphatic heterocycles. The van der Waals surface area contributed by atoms with Crippen molar-refractivity contribution in [2.75, 3.05) is 7.11 Å². The first kappa shape index (κ1) is 13.7. The highest BCUT2D eigenvalue weighted by Gasteiger charge is 2.07. The standard InChI is InChI=1S/C16H22N2O/c1-13(17-11-14-8-9-18(2)12-14)10-15-6-4-5-7-16(15)19-3/h4-9,12-13,17H,10-11H2,1-3H3. The lowest BCUT2D eigenvalue weighted by Crippen LogP contribution is -2.27. The average molecular weight is 258 g/mol. The molecule has 1 unspecified atom stereocenters. The number of nitrogens with one attached hydrogen (secondary N) is 1. The van der Waals surface area contributed by atoms with E-state index >= 15 is 0 Å². The normalized spacial score (nSPS) is 12.4. The van der Waals surface area contributed by atoms with Crippen LogP contribution in [0.3, 0.4) is 0 Å². The maximum atomic E-state index is 5.38. The summed E-state index contributed by atoms with van der Waals surface area (Å²) in [5.41, 5.74) is 2.56. The zero-order valence-electron chi connectivity index (χ0n) is 11.9. The molecule has 1 atom stereocenters. The van der Waals surface area contributed by atoms with Crippen molar-refractivity contribution >= 4 is 0 Å². The summed E-state index contributed by atoms with van der Waals surface area (Å²) in [6.07, 6.45) is 5.18. The first-order chi connectivity index (χ1) is 9.19. The average Bonchev–Trinajstić information content (AvgIpc) is 2.83. The Hall–Kier alpha value is -1.74. The van der Waals surface area contributed by atoms with Crippen molar-refractivity contribution in [1.82, 2.24) is 9.88 Å². The van der Waals surface area contributed by atoms with Crippen molar-refractivity contribution in [3.8, 4) is 5.75 Å². The summed E-state index contributed by atoms with van der Waals surface area (Å²) in [6.45, 7) is 3.10. The molecule has 0 aliphatic carbocycles. The van der Waals surface area contributed by atoms with Crippen LogP contribution in [0.25, 0.3) is 0 Å². The Morgan fingerprint density at radius 3 is 2.74 bits per heavy atom. The van der Waals surface area contributed by atoms with Crippen LogP contribution in [0.2, 0.25) is 0 Å². The lowest BCUT2D eigenvalue weighted by Gasteiger charge is -2.15. The molecule has 0 aliphatic rings. The molecule has 0 spiro atoms. The number of hydrogen-bond donors (Lipinski definition) is 1. The Labute approximate surface area is 115 Å². The Morgan fingerprint density at radius 2 is 2.05 bits per heavy atom. The van der Waals surface area contributed by atoms with Gasteiger partial charge in [-0.05, 0) is 36.6 Å². The number of aryl methyl sites for hydroxylation is 1. The summed E-state index contributed by atoms with van der Waals surface area (Å²) >= 11 is 0. The minimum Gasteiger partial charge on any atom is -0.496 e. The molecule has 1 N–H and O–H groups in total. The van der Waals surface area contributed by atoms with E-state index in [1.165, 1.54) is 11.1 Å². The van der Waals surface area contributed by atoms with Crippen LogP contribution in [0.5, 0.6) is 5.75 Å². The molecule has 1 aromatic heterocycles. The number of ether oxygens (including phenoxy) is 1. The van der Waals surface area contributed by atoms with Crippen LogP contribution in [-0.2, 0) is 20.0 Å². The zero-order valence-corrected chi connectivity index (χ0v) is 11.9. The van der Waals surface area contributed by atoms with Gasteiger partial charge in [-0.2, -0.15) is 0 Å². The molecule has 102 valence electrons. The molecule has 0 saturated carbocycles. The fourth-order valence-electron chi connectivity index (χ4n) is 2.23. The number of methoxy groups -OCH3 is 1. The third kappa shape index (κ3) is 3.86. The van der Waals surface area contributed by atoms with Gasteiger partial charge in [-0.25, -0.2) is 0 Å². The molecule has 2 rings (SSSR count). The second kappa shape index (κ2) is 6.43. The summed E-state index contributed by atoms with van der Waals surface area (Å²) in [7, 11) is 3.77. The van der Waals surface area contributed by atoms with Crippen LogP contribution < -0.4 is 10.1 Å². The van der Waals surface area contributed by atoms with E-state index in [1.54, 1.807) is 7.11 Å². The maximum absolute atomic E-state index is 5.38. The van der Waals surface area contributed by atoms with Gasteiger partial charge in [0.25, 0.3) is 0 Å². The zero-order chi connectivity index (χ0) is 13.7. The van der Waals surface area contributed by atoms with Gasteiger partial charge < -0.3 is 14.6 Å². The molecule has 19 heavy (non-hydrogen) atoms. The van der Waals surface area contributed by atoms with E-state index < -0.39 is 0 Å². The van der Waals surface area contributed by atoms with Crippen molar-refractivity contribution in [1.29, 1.82) is 0 Å². The van der Waals surface area contributed by atoms with Crippen molar-refractivity contribution in [2.24, 2.45) is 7.05 Å². The molecule has 3 nitrogen and oxygen atoms in total. The van der Waals surface area contributed by atoms with E-state index in [2.05, 4.69) is 47.4 Å². The molecule has 0 saturated heterocycles. The first-order valence-corrected chi connectivity index (χ1v) is 6.65. The molecule has 1 aromatic carbocycles. The lowest BCUT2D eigenvalue weighted by molar-refractivity contribution is 0.406. The molecular formula is C16H22N2O. The van der Waals surface area contributed by atoms with Gasteiger partial charge in [0.2, 0.25) is 0 Å². The molecule has 3 heteroatoms. The highest BCUT2D eigenvalue weighted by molar-refractivity contribution is 5.33. The molecule has 0 fully saturated rings. The van der Waals surface area contributed by atoms with Gasteiger partial charge in [-0.3, -0.25) is 0 Å². The number of para-hydroxylation sites is 1. The topological polar surface area (TPSA) is 26.2 Å². The fraction of sp³-hybridized carbons (Fsp3) is 0.375. The van der Waals surface area contributed by atoms with Crippen LogP contribution >= 0.6 is 0 Å². The van der Waals surface area contributed by atoms with E-state index in [9.17, 15) is 0 Å². The van der Waals surface area contributed by atoms with E-state index in [-0.39, 0.29) is 0 Å². The highest BCUT2D eigenvalue weighted by Crippen LogP contribution is 2.18. The van der Waals surface area contributed by atoms with Gasteiger partial charge >= 0.3 is 0 Å². The van der Waals surface area contributed by atoms with Gasteiger partial charge in [0.05, 0.1) is 7.11 Å². The van der Waals surface area contributed by atoms with Gasteiger partial charge in [0, 0.05) is 32.0 Å². The number of benzene rings is 1. The highest BCUT2D eigenvalue weighted by atomic mass is 16.5. The quantitative estimate of drug-likeness (QED) is 0.862. The Balaban J connectivity index is 1.88. The van der Waals surface area contributed by atoms with E-state index in [1.807, 2.05) is 19.2 Å². The number of aromatic nitrogens is 1. The van der Waals surface area contributed by atoms with Gasteiger partial charge in [0.1, 0.15) is 5.75 Å². The molecule has 1 heterocycles. The summed E-state index contributed by atoms with van der Waals surface area (Å²) in [5, 5.41) is 3.54. The van der Waals surface area contributed by atoms with E-state index in [0.29, 0.717) is 6.04 Å². The summed E-state index contributed by atoms with van der Waals surface area (Å²) < 4.78 is 7.45. The van der Waals surface area contributed by atoms with Crippen LogP contribution in [0.15, 0.2) is 42.7 Å². The lowest BCUT2D eigenvalue weighted by atomic mass is 10.1. The third-order valence-electron chi connectivity index (χ3n) is 3.27. The maximum Gasteiger partial charge on any atom is 0.122 e. The monoisotopic (exact) mass is 258 g/mol. The SMILES string of the molecule is COc1ccccc1CC(C)NCc1ccn(C)c1. The van der Waals surface area contributed by atoms with Gasteiger partial charge in [-0.1, -0.05) is 18.2 Å². The number of nitrogens with zero attached hydrogens (tertiary/aromatic N) is 1. The van der Waals surface area contributed by atoms with E-state index in [0.717, 1.165) is 18.7 Å². The Bertz CT molecular complexity index is 519. The largest absolute Gasteiger partial charge is 0.496 e. The molecule has 0 amide bonds. The number of hydrogen-bond acceptors (Lipinski definition) is 2. The Kier molecular flexibility index (Phi) is 4.63. The van der Waals surface area contributed by atoms with E-state index in [4.69, 9.17) is 4.74 Å². The van der Waals surface area contributed by atoms with Crippen molar-refractivity contribution in [3.63, 3.8) is 0 Å². The molecular weight excluding hydrogens is 236 g/mol. The molecule has 2 aromatic rings.